The number of amides is 1. The Morgan fingerprint density at radius 1 is 1.23 bits per heavy atom. The third-order valence-electron chi connectivity index (χ3n) is 3.94. The summed E-state index contributed by atoms with van der Waals surface area (Å²) in [6.45, 7) is 6.06. The van der Waals surface area contributed by atoms with E-state index in [2.05, 4.69) is 15.5 Å². The van der Waals surface area contributed by atoms with Gasteiger partial charge in [0.15, 0.2) is 5.82 Å². The lowest BCUT2D eigenvalue weighted by Gasteiger charge is -2.13. The molecule has 7 nitrogen and oxygen atoms in total. The van der Waals surface area contributed by atoms with Gasteiger partial charge in [-0.15, -0.1) is 0 Å². The van der Waals surface area contributed by atoms with Crippen LogP contribution >= 0.6 is 0 Å². The fraction of sp³-hybridized carbons (Fsp3) is 0.474. The van der Waals surface area contributed by atoms with Gasteiger partial charge in [-0.3, -0.25) is 9.59 Å². The van der Waals surface area contributed by atoms with Crippen LogP contribution in [0.3, 0.4) is 0 Å². The number of carboxylic acids is 1. The number of carboxylic acid groups (broad SMARTS) is 1. The largest absolute Gasteiger partial charge is 0.481 e. The van der Waals surface area contributed by atoms with Crippen molar-refractivity contribution in [3.05, 3.63) is 47.6 Å². The molecule has 1 atom stereocenters. The van der Waals surface area contributed by atoms with E-state index in [9.17, 15) is 14.7 Å². The lowest BCUT2D eigenvalue weighted by molar-refractivity contribution is -0.138. The predicted octanol–water partition coefficient (Wildman–Crippen LogP) is 2.67. The Bertz CT molecular complexity index is 735. The Morgan fingerprint density at radius 3 is 2.50 bits per heavy atom. The summed E-state index contributed by atoms with van der Waals surface area (Å²) in [7, 11) is 0. The Labute approximate surface area is 152 Å². The van der Waals surface area contributed by atoms with Crippen LogP contribution in [0.5, 0.6) is 0 Å². The first-order valence-electron chi connectivity index (χ1n) is 8.65. The quantitative estimate of drug-likeness (QED) is 0.751. The standard InChI is InChI=1S/C19H25N3O4/c1-19(2,3)18-21-16(26-22-18)11-7-10-15(23)20-12-14(17(24)25)13-8-5-4-6-9-13/h4-6,8-9,14H,7,10-12H2,1-3H3,(H,20,23)(H,24,25). The Balaban J connectivity index is 1.78. The highest BCUT2D eigenvalue weighted by atomic mass is 16.5. The zero-order chi connectivity index (χ0) is 19.2. The third kappa shape index (κ3) is 5.68. The summed E-state index contributed by atoms with van der Waals surface area (Å²) in [5.74, 6) is -0.759. The van der Waals surface area contributed by atoms with E-state index in [1.54, 1.807) is 24.3 Å². The first-order valence-corrected chi connectivity index (χ1v) is 8.65. The second-order valence-corrected chi connectivity index (χ2v) is 7.22. The Kier molecular flexibility index (Phi) is 6.49. The molecule has 0 spiro atoms. The number of aromatic nitrogens is 2. The maximum absolute atomic E-state index is 12.0. The molecule has 1 unspecified atom stereocenters. The average molecular weight is 359 g/mol. The van der Waals surface area contributed by atoms with Crippen LogP contribution in [0.15, 0.2) is 34.9 Å². The lowest BCUT2D eigenvalue weighted by Crippen LogP contribution is -2.31. The first kappa shape index (κ1) is 19.6. The molecule has 1 aromatic heterocycles. The van der Waals surface area contributed by atoms with Gasteiger partial charge in [0.1, 0.15) is 0 Å². The van der Waals surface area contributed by atoms with Crippen LogP contribution in [-0.2, 0) is 21.4 Å². The van der Waals surface area contributed by atoms with Gasteiger partial charge in [0.25, 0.3) is 0 Å². The average Bonchev–Trinajstić information content (AvgIpc) is 3.05. The van der Waals surface area contributed by atoms with E-state index >= 15 is 0 Å². The van der Waals surface area contributed by atoms with Crippen molar-refractivity contribution in [2.45, 2.75) is 51.4 Å². The number of nitrogens with one attached hydrogen (secondary N) is 1. The zero-order valence-electron chi connectivity index (χ0n) is 15.4. The fourth-order valence-electron chi connectivity index (χ4n) is 2.40. The molecule has 2 rings (SSSR count). The molecule has 2 aromatic rings. The van der Waals surface area contributed by atoms with Crippen LogP contribution in [0.1, 0.15) is 56.8 Å². The van der Waals surface area contributed by atoms with E-state index in [0.717, 1.165) is 0 Å². The molecular formula is C19H25N3O4. The maximum atomic E-state index is 12.0. The van der Waals surface area contributed by atoms with Gasteiger partial charge >= 0.3 is 5.97 Å². The predicted molar refractivity (Wildman–Crippen MR) is 95.8 cm³/mol. The van der Waals surface area contributed by atoms with Gasteiger partial charge in [-0.05, 0) is 12.0 Å². The second-order valence-electron chi connectivity index (χ2n) is 7.22. The molecule has 0 radical (unpaired) electrons. The molecule has 26 heavy (non-hydrogen) atoms. The van der Waals surface area contributed by atoms with E-state index < -0.39 is 11.9 Å². The summed E-state index contributed by atoms with van der Waals surface area (Å²) in [5, 5.41) is 16.0. The highest BCUT2D eigenvalue weighted by Crippen LogP contribution is 2.19. The Morgan fingerprint density at radius 2 is 1.92 bits per heavy atom. The fourth-order valence-corrected chi connectivity index (χ4v) is 2.40. The van der Waals surface area contributed by atoms with E-state index in [4.69, 9.17) is 4.52 Å². The van der Waals surface area contributed by atoms with Gasteiger partial charge in [0.2, 0.25) is 11.8 Å². The molecular weight excluding hydrogens is 334 g/mol. The smallest absolute Gasteiger partial charge is 0.312 e. The molecule has 1 heterocycles. The molecule has 0 aliphatic rings. The molecule has 0 aliphatic carbocycles. The minimum absolute atomic E-state index is 0.0624. The van der Waals surface area contributed by atoms with E-state index in [1.807, 2.05) is 26.8 Å². The molecule has 0 aliphatic heterocycles. The van der Waals surface area contributed by atoms with Gasteiger partial charge in [-0.25, -0.2) is 0 Å². The molecule has 0 fully saturated rings. The Hall–Kier alpha value is -2.70. The minimum atomic E-state index is -0.961. The summed E-state index contributed by atoms with van der Waals surface area (Å²) < 4.78 is 5.19. The summed E-state index contributed by atoms with van der Waals surface area (Å²) in [6, 6.07) is 8.87. The molecule has 0 saturated carbocycles. The van der Waals surface area contributed by atoms with Crippen molar-refractivity contribution in [1.82, 2.24) is 15.5 Å². The van der Waals surface area contributed by atoms with E-state index in [0.29, 0.717) is 30.1 Å². The SMILES string of the molecule is CC(C)(C)c1noc(CCCC(=O)NCC(C(=O)O)c2ccccc2)n1. The summed E-state index contributed by atoms with van der Waals surface area (Å²) >= 11 is 0. The van der Waals surface area contributed by atoms with Crippen molar-refractivity contribution in [1.29, 1.82) is 0 Å². The number of benzene rings is 1. The number of rotatable bonds is 8. The number of carbonyl (C=O) groups excluding carboxylic acids is 1. The third-order valence-corrected chi connectivity index (χ3v) is 3.94. The molecule has 0 saturated heterocycles. The number of carbonyl (C=O) groups is 2. The summed E-state index contributed by atoms with van der Waals surface area (Å²) in [4.78, 5) is 27.7. The van der Waals surface area contributed by atoms with Crippen LogP contribution in [0.25, 0.3) is 0 Å². The van der Waals surface area contributed by atoms with Crippen molar-refractivity contribution in [3.8, 4) is 0 Å². The summed E-state index contributed by atoms with van der Waals surface area (Å²) in [6.07, 6.45) is 1.34. The monoisotopic (exact) mass is 359 g/mol. The van der Waals surface area contributed by atoms with E-state index in [1.165, 1.54) is 0 Å². The second kappa shape index (κ2) is 8.60. The minimum Gasteiger partial charge on any atom is -0.481 e. The normalized spacial score (nSPS) is 12.6. The highest BCUT2D eigenvalue weighted by molar-refractivity contribution is 5.79. The molecule has 140 valence electrons. The van der Waals surface area contributed by atoms with Crippen molar-refractivity contribution in [2.75, 3.05) is 6.54 Å². The highest BCUT2D eigenvalue weighted by Gasteiger charge is 2.22. The topological polar surface area (TPSA) is 105 Å². The first-order chi connectivity index (χ1) is 12.3. The molecule has 0 bridgehead atoms. The number of hydrogen-bond acceptors (Lipinski definition) is 5. The maximum Gasteiger partial charge on any atom is 0.312 e. The van der Waals surface area contributed by atoms with Crippen LogP contribution in [0.4, 0.5) is 0 Å². The molecule has 2 N–H and O–H groups in total. The van der Waals surface area contributed by atoms with E-state index in [-0.39, 0.29) is 24.3 Å². The van der Waals surface area contributed by atoms with Crippen molar-refractivity contribution < 1.29 is 19.2 Å². The van der Waals surface area contributed by atoms with Crippen molar-refractivity contribution >= 4 is 11.9 Å². The van der Waals surface area contributed by atoms with Crippen molar-refractivity contribution in [3.63, 3.8) is 0 Å². The van der Waals surface area contributed by atoms with Crippen molar-refractivity contribution in [2.24, 2.45) is 0 Å². The van der Waals surface area contributed by atoms with Crippen LogP contribution in [-0.4, -0.2) is 33.7 Å². The molecule has 1 aromatic carbocycles. The zero-order valence-corrected chi connectivity index (χ0v) is 15.4. The van der Waals surface area contributed by atoms with Crippen LogP contribution in [0, 0.1) is 0 Å². The number of aliphatic carboxylic acids is 1. The molecule has 1 amide bonds. The van der Waals surface area contributed by atoms with Crippen LogP contribution < -0.4 is 5.32 Å². The number of aryl methyl sites for hydroxylation is 1. The van der Waals surface area contributed by atoms with Gasteiger partial charge in [0, 0.05) is 24.8 Å². The summed E-state index contributed by atoms with van der Waals surface area (Å²) in [5.41, 5.74) is 0.489. The lowest BCUT2D eigenvalue weighted by atomic mass is 9.96. The molecule has 7 heteroatoms. The van der Waals surface area contributed by atoms with Gasteiger partial charge in [-0.1, -0.05) is 56.3 Å². The van der Waals surface area contributed by atoms with Gasteiger partial charge < -0.3 is 14.9 Å². The number of hydrogen-bond donors (Lipinski definition) is 2. The van der Waals surface area contributed by atoms with Gasteiger partial charge in [0.05, 0.1) is 5.92 Å². The van der Waals surface area contributed by atoms with Gasteiger partial charge in [-0.2, -0.15) is 4.98 Å². The number of nitrogens with zero attached hydrogens (tertiary/aromatic N) is 2. The van der Waals surface area contributed by atoms with Crippen LogP contribution in [0.2, 0.25) is 0 Å².